The van der Waals surface area contributed by atoms with E-state index in [0.29, 0.717) is 13.0 Å². The van der Waals surface area contributed by atoms with Gasteiger partial charge in [-0.15, -0.1) is 11.6 Å². The van der Waals surface area contributed by atoms with Gasteiger partial charge in [-0.25, -0.2) is 4.79 Å². The molecule has 0 heterocycles. The molecule has 0 aliphatic heterocycles. The van der Waals surface area contributed by atoms with Gasteiger partial charge in [0.15, 0.2) is 5.78 Å². The van der Waals surface area contributed by atoms with Gasteiger partial charge in [-0.1, -0.05) is 0 Å². The Morgan fingerprint density at radius 3 is 2.60 bits per heavy atom. The maximum atomic E-state index is 11.3. The molecule has 0 bridgehead atoms. The lowest BCUT2D eigenvalue weighted by atomic mass is 10.1. The van der Waals surface area contributed by atoms with Gasteiger partial charge < -0.3 is 14.8 Å². The lowest BCUT2D eigenvalue weighted by molar-refractivity contribution is -0.119. The second-order valence-corrected chi connectivity index (χ2v) is 3.07. The summed E-state index contributed by atoms with van der Waals surface area (Å²) >= 11 is 5.40. The third kappa shape index (κ3) is 6.30. The Morgan fingerprint density at radius 1 is 1.47 bits per heavy atom. The number of ketones is 1. The largest absolute Gasteiger partial charge is 0.450 e. The summed E-state index contributed by atoms with van der Waals surface area (Å²) in [5, 5.41) is 2.43. The van der Waals surface area contributed by atoms with E-state index in [1.54, 1.807) is 6.92 Å². The van der Waals surface area contributed by atoms with Crippen molar-refractivity contribution in [1.82, 2.24) is 5.32 Å². The Kier molecular flexibility index (Phi) is 8.04. The van der Waals surface area contributed by atoms with Crippen LogP contribution in [0.15, 0.2) is 0 Å². The molecule has 88 valence electrons. The molecule has 0 aliphatic carbocycles. The predicted octanol–water partition coefficient (Wildman–Crippen LogP) is 0.946. The molecule has 6 heteroatoms. The number of ether oxygens (including phenoxy) is 2. The van der Waals surface area contributed by atoms with E-state index in [2.05, 4.69) is 10.1 Å². The van der Waals surface area contributed by atoms with Gasteiger partial charge in [-0.05, 0) is 13.3 Å². The standard InChI is InChI=1S/C9H16ClNO4/c1-3-15-9(13)11-7(4-5-14-2)8(12)6-10/h7H,3-6H2,1-2H3,(H,11,13). The average Bonchev–Trinajstić information content (AvgIpc) is 2.23. The van der Waals surface area contributed by atoms with Gasteiger partial charge in [-0.3, -0.25) is 4.79 Å². The van der Waals surface area contributed by atoms with Gasteiger partial charge in [0.25, 0.3) is 0 Å². The monoisotopic (exact) mass is 237 g/mol. The van der Waals surface area contributed by atoms with Crippen LogP contribution in [-0.4, -0.2) is 44.1 Å². The van der Waals surface area contributed by atoms with Crippen molar-refractivity contribution in [1.29, 1.82) is 0 Å². The van der Waals surface area contributed by atoms with Crippen LogP contribution in [0, 0.1) is 0 Å². The minimum absolute atomic E-state index is 0.138. The number of alkyl halides is 1. The predicted molar refractivity (Wildman–Crippen MR) is 56.2 cm³/mol. The summed E-state index contributed by atoms with van der Waals surface area (Å²) in [5.74, 6) is -0.386. The summed E-state index contributed by atoms with van der Waals surface area (Å²) in [4.78, 5) is 22.4. The Morgan fingerprint density at radius 2 is 2.13 bits per heavy atom. The van der Waals surface area contributed by atoms with Crippen LogP contribution in [-0.2, 0) is 14.3 Å². The maximum absolute atomic E-state index is 11.3. The molecule has 5 nitrogen and oxygen atoms in total. The minimum atomic E-state index is -0.638. The summed E-state index contributed by atoms with van der Waals surface area (Å²) in [6.45, 7) is 2.32. The smallest absolute Gasteiger partial charge is 0.407 e. The van der Waals surface area contributed by atoms with Crippen molar-refractivity contribution in [3.05, 3.63) is 0 Å². The van der Waals surface area contributed by atoms with Gasteiger partial charge in [0.1, 0.15) is 0 Å². The molecule has 1 amide bonds. The molecule has 1 unspecified atom stereocenters. The molecule has 15 heavy (non-hydrogen) atoms. The highest BCUT2D eigenvalue weighted by molar-refractivity contribution is 6.28. The lowest BCUT2D eigenvalue weighted by Crippen LogP contribution is -2.42. The molecule has 0 aliphatic rings. The van der Waals surface area contributed by atoms with Crippen LogP contribution in [0.4, 0.5) is 4.79 Å². The second-order valence-electron chi connectivity index (χ2n) is 2.80. The molecule has 0 saturated carbocycles. The number of alkyl carbamates (subject to hydrolysis) is 1. The van der Waals surface area contributed by atoms with E-state index >= 15 is 0 Å². The fourth-order valence-corrected chi connectivity index (χ4v) is 1.14. The summed E-state index contributed by atoms with van der Waals surface area (Å²) in [5.41, 5.74) is 0. The summed E-state index contributed by atoms with van der Waals surface area (Å²) in [6, 6.07) is -0.638. The highest BCUT2D eigenvalue weighted by atomic mass is 35.5. The van der Waals surface area contributed by atoms with E-state index in [9.17, 15) is 9.59 Å². The number of methoxy groups -OCH3 is 1. The number of amides is 1. The zero-order valence-corrected chi connectivity index (χ0v) is 9.67. The molecule has 1 atom stereocenters. The number of halogens is 1. The normalized spacial score (nSPS) is 11.9. The van der Waals surface area contributed by atoms with Crippen LogP contribution >= 0.6 is 11.6 Å². The van der Waals surface area contributed by atoms with Crippen molar-refractivity contribution in [2.45, 2.75) is 19.4 Å². The number of nitrogens with one attached hydrogen (secondary N) is 1. The van der Waals surface area contributed by atoms with E-state index < -0.39 is 12.1 Å². The van der Waals surface area contributed by atoms with Crippen LogP contribution in [0.3, 0.4) is 0 Å². The minimum Gasteiger partial charge on any atom is -0.450 e. The Bertz CT molecular complexity index is 210. The number of Topliss-reactive ketones (excluding diaryl/α,β-unsaturated/α-hetero) is 1. The van der Waals surface area contributed by atoms with Crippen LogP contribution in [0.25, 0.3) is 0 Å². The molecular formula is C9H16ClNO4. The molecule has 0 spiro atoms. The number of carbonyl (C=O) groups excluding carboxylic acids is 2. The van der Waals surface area contributed by atoms with Crippen LogP contribution in [0.2, 0.25) is 0 Å². The number of rotatable bonds is 7. The van der Waals surface area contributed by atoms with Crippen molar-refractivity contribution >= 4 is 23.5 Å². The summed E-state index contributed by atoms with van der Waals surface area (Å²) in [6.07, 6.45) is -0.224. The number of hydrogen-bond donors (Lipinski definition) is 1. The molecule has 0 fully saturated rings. The molecule has 0 radical (unpaired) electrons. The molecule has 0 saturated heterocycles. The zero-order valence-electron chi connectivity index (χ0n) is 8.92. The Balaban J connectivity index is 4.11. The highest BCUT2D eigenvalue weighted by Gasteiger charge is 2.19. The average molecular weight is 238 g/mol. The van der Waals surface area contributed by atoms with Crippen LogP contribution in [0.1, 0.15) is 13.3 Å². The zero-order chi connectivity index (χ0) is 11.7. The Hall–Kier alpha value is -0.810. The third-order valence-corrected chi connectivity index (χ3v) is 1.96. The quantitative estimate of drug-likeness (QED) is 0.670. The summed E-state index contributed by atoms with van der Waals surface area (Å²) < 4.78 is 9.48. The third-order valence-electron chi connectivity index (χ3n) is 1.70. The van der Waals surface area contributed by atoms with E-state index in [-0.39, 0.29) is 18.3 Å². The fraction of sp³-hybridized carbons (Fsp3) is 0.778. The highest BCUT2D eigenvalue weighted by Crippen LogP contribution is 1.98. The van der Waals surface area contributed by atoms with E-state index in [1.807, 2.05) is 0 Å². The number of hydrogen-bond acceptors (Lipinski definition) is 4. The van der Waals surface area contributed by atoms with Crippen molar-refractivity contribution in [2.75, 3.05) is 26.2 Å². The van der Waals surface area contributed by atoms with Gasteiger partial charge in [0.05, 0.1) is 18.5 Å². The first-order valence-electron chi connectivity index (χ1n) is 4.66. The molecule has 0 aromatic carbocycles. The summed E-state index contributed by atoms with van der Waals surface area (Å²) in [7, 11) is 1.52. The van der Waals surface area contributed by atoms with Gasteiger partial charge in [-0.2, -0.15) is 0 Å². The van der Waals surface area contributed by atoms with Crippen LogP contribution < -0.4 is 5.32 Å². The second kappa shape index (κ2) is 8.49. The first kappa shape index (κ1) is 14.2. The first-order chi connectivity index (χ1) is 7.15. The van der Waals surface area contributed by atoms with Crippen LogP contribution in [0.5, 0.6) is 0 Å². The van der Waals surface area contributed by atoms with Gasteiger partial charge >= 0.3 is 6.09 Å². The Labute approximate surface area is 94.1 Å². The van der Waals surface area contributed by atoms with Crippen molar-refractivity contribution < 1.29 is 19.1 Å². The maximum Gasteiger partial charge on any atom is 0.407 e. The fourth-order valence-electron chi connectivity index (χ4n) is 0.958. The van der Waals surface area contributed by atoms with Gasteiger partial charge in [0, 0.05) is 13.7 Å². The van der Waals surface area contributed by atoms with E-state index in [1.165, 1.54) is 7.11 Å². The van der Waals surface area contributed by atoms with Gasteiger partial charge in [0.2, 0.25) is 0 Å². The lowest BCUT2D eigenvalue weighted by Gasteiger charge is -2.15. The number of carbonyl (C=O) groups is 2. The van der Waals surface area contributed by atoms with E-state index in [4.69, 9.17) is 16.3 Å². The molecule has 0 aromatic rings. The first-order valence-corrected chi connectivity index (χ1v) is 5.20. The van der Waals surface area contributed by atoms with Crippen molar-refractivity contribution in [3.8, 4) is 0 Å². The van der Waals surface area contributed by atoms with E-state index in [0.717, 1.165) is 0 Å². The molecule has 1 N–H and O–H groups in total. The SMILES string of the molecule is CCOC(=O)NC(CCOC)C(=O)CCl. The molecule has 0 aromatic heterocycles. The van der Waals surface area contributed by atoms with Crippen molar-refractivity contribution in [2.24, 2.45) is 0 Å². The topological polar surface area (TPSA) is 64.6 Å². The molecular weight excluding hydrogens is 222 g/mol. The van der Waals surface area contributed by atoms with Crippen molar-refractivity contribution in [3.63, 3.8) is 0 Å². The molecule has 0 rings (SSSR count).